The van der Waals surface area contributed by atoms with Crippen molar-refractivity contribution in [3.05, 3.63) is 28.2 Å². The average Bonchev–Trinajstić information content (AvgIpc) is 2.59. The van der Waals surface area contributed by atoms with E-state index in [-0.39, 0.29) is 6.03 Å². The molecule has 6 heteroatoms. The van der Waals surface area contributed by atoms with Crippen molar-refractivity contribution in [1.29, 1.82) is 0 Å². The molecule has 1 heterocycles. The summed E-state index contributed by atoms with van der Waals surface area (Å²) in [5, 5.41) is 13.5. The average molecular weight is 303 g/mol. The maximum Gasteiger partial charge on any atom is 0.322 e. The lowest BCUT2D eigenvalue weighted by molar-refractivity contribution is 0.0733. The second-order valence-corrected chi connectivity index (χ2v) is 5.98. The largest absolute Gasteiger partial charge is 0.391 e. The summed E-state index contributed by atoms with van der Waals surface area (Å²) >= 11 is 11.7. The molecule has 1 fully saturated rings. The van der Waals surface area contributed by atoms with Crippen LogP contribution in [0.5, 0.6) is 0 Å². The predicted molar refractivity (Wildman–Crippen MR) is 76.9 cm³/mol. The number of hydrogen-bond donors (Lipinski definition) is 2. The Labute approximate surface area is 122 Å². The van der Waals surface area contributed by atoms with Gasteiger partial charge in [-0.25, -0.2) is 4.79 Å². The van der Waals surface area contributed by atoms with E-state index in [1.807, 2.05) is 13.8 Å². The predicted octanol–water partition coefficient (Wildman–Crippen LogP) is 3.37. The zero-order valence-electron chi connectivity index (χ0n) is 10.8. The minimum Gasteiger partial charge on any atom is -0.391 e. The third-order valence-corrected chi connectivity index (χ3v) is 4.29. The van der Waals surface area contributed by atoms with E-state index >= 15 is 0 Å². The number of aliphatic hydroxyl groups is 1. The first-order valence-electron chi connectivity index (χ1n) is 6.04. The topological polar surface area (TPSA) is 52.6 Å². The number of hydrogen-bond acceptors (Lipinski definition) is 2. The normalized spacial score (nSPS) is 21.5. The van der Waals surface area contributed by atoms with Gasteiger partial charge in [0.1, 0.15) is 0 Å². The molecule has 0 saturated carbocycles. The van der Waals surface area contributed by atoms with Gasteiger partial charge < -0.3 is 15.3 Å². The van der Waals surface area contributed by atoms with E-state index in [2.05, 4.69) is 5.32 Å². The zero-order valence-corrected chi connectivity index (χ0v) is 12.3. The number of urea groups is 1. The van der Waals surface area contributed by atoms with Gasteiger partial charge in [-0.1, -0.05) is 23.2 Å². The summed E-state index contributed by atoms with van der Waals surface area (Å²) in [6.07, 6.45) is 0.0778. The molecule has 1 aliphatic heterocycles. The van der Waals surface area contributed by atoms with Crippen molar-refractivity contribution in [3.8, 4) is 0 Å². The monoisotopic (exact) mass is 302 g/mol. The van der Waals surface area contributed by atoms with Crippen LogP contribution in [0.1, 0.15) is 20.3 Å². The number of anilines is 1. The smallest absolute Gasteiger partial charge is 0.322 e. The molecule has 2 rings (SSSR count). The fourth-order valence-corrected chi connectivity index (χ4v) is 2.50. The highest BCUT2D eigenvalue weighted by molar-refractivity contribution is 6.42. The van der Waals surface area contributed by atoms with Gasteiger partial charge in [0.05, 0.1) is 21.7 Å². The van der Waals surface area contributed by atoms with Gasteiger partial charge in [0, 0.05) is 12.2 Å². The summed E-state index contributed by atoms with van der Waals surface area (Å²) in [5.41, 5.74) is 0.0110. The van der Waals surface area contributed by atoms with E-state index in [1.54, 1.807) is 23.1 Å². The van der Waals surface area contributed by atoms with Crippen LogP contribution in [0.15, 0.2) is 18.2 Å². The Balaban J connectivity index is 2.11. The van der Waals surface area contributed by atoms with Crippen molar-refractivity contribution < 1.29 is 9.90 Å². The molecule has 104 valence electrons. The first-order valence-corrected chi connectivity index (χ1v) is 6.79. The van der Waals surface area contributed by atoms with Crippen molar-refractivity contribution >= 4 is 34.9 Å². The lowest BCUT2D eigenvalue weighted by Gasteiger charge is -2.33. The van der Waals surface area contributed by atoms with E-state index in [0.29, 0.717) is 28.7 Å². The molecule has 2 N–H and O–H groups in total. The van der Waals surface area contributed by atoms with E-state index in [4.69, 9.17) is 23.2 Å². The van der Waals surface area contributed by atoms with Crippen LogP contribution in [-0.4, -0.2) is 34.2 Å². The van der Waals surface area contributed by atoms with Crippen LogP contribution in [-0.2, 0) is 0 Å². The number of carbonyl (C=O) groups is 1. The van der Waals surface area contributed by atoms with Crippen LogP contribution in [0.2, 0.25) is 10.0 Å². The van der Waals surface area contributed by atoms with Crippen molar-refractivity contribution in [3.63, 3.8) is 0 Å². The molecule has 0 aromatic heterocycles. The Bertz CT molecular complexity index is 505. The van der Waals surface area contributed by atoms with E-state index in [1.165, 1.54) is 0 Å². The summed E-state index contributed by atoms with van der Waals surface area (Å²) in [7, 11) is 0. The first-order chi connectivity index (χ1) is 8.82. The van der Waals surface area contributed by atoms with Crippen LogP contribution in [0.4, 0.5) is 10.5 Å². The van der Waals surface area contributed by atoms with Crippen LogP contribution >= 0.6 is 23.2 Å². The lowest BCUT2D eigenvalue weighted by atomic mass is 9.99. The third-order valence-electron chi connectivity index (χ3n) is 3.55. The maximum absolute atomic E-state index is 12.2. The lowest BCUT2D eigenvalue weighted by Crippen LogP contribution is -2.49. The van der Waals surface area contributed by atoms with E-state index in [0.717, 1.165) is 0 Å². The molecular formula is C13H16Cl2N2O2. The Hall–Kier alpha value is -0.970. The van der Waals surface area contributed by atoms with Gasteiger partial charge in [-0.05, 0) is 38.5 Å². The molecular weight excluding hydrogens is 287 g/mol. The van der Waals surface area contributed by atoms with Gasteiger partial charge >= 0.3 is 6.03 Å². The molecule has 0 radical (unpaired) electrons. The molecule has 1 atom stereocenters. The van der Waals surface area contributed by atoms with Crippen molar-refractivity contribution in [1.82, 2.24) is 4.90 Å². The number of amides is 2. The van der Waals surface area contributed by atoms with Gasteiger partial charge in [0.2, 0.25) is 0 Å². The molecule has 1 aromatic carbocycles. The van der Waals surface area contributed by atoms with Crippen LogP contribution in [0, 0.1) is 0 Å². The highest BCUT2D eigenvalue weighted by atomic mass is 35.5. The number of likely N-dealkylation sites (tertiary alicyclic amines) is 1. The van der Waals surface area contributed by atoms with Gasteiger partial charge in [-0.15, -0.1) is 0 Å². The summed E-state index contributed by atoms with van der Waals surface area (Å²) in [6.45, 7) is 4.22. The van der Waals surface area contributed by atoms with Crippen molar-refractivity contribution in [2.75, 3.05) is 11.9 Å². The molecule has 19 heavy (non-hydrogen) atoms. The molecule has 1 aliphatic rings. The highest BCUT2D eigenvalue weighted by Crippen LogP contribution is 2.30. The Morgan fingerprint density at radius 2 is 2.11 bits per heavy atom. The summed E-state index contributed by atoms with van der Waals surface area (Å²) < 4.78 is 0. The quantitative estimate of drug-likeness (QED) is 0.835. The Morgan fingerprint density at radius 1 is 1.42 bits per heavy atom. The van der Waals surface area contributed by atoms with E-state index < -0.39 is 11.6 Å². The van der Waals surface area contributed by atoms with Crippen molar-refractivity contribution in [2.24, 2.45) is 0 Å². The minimum atomic E-state index is -0.569. The SMILES string of the molecule is CC1(C)C(O)CCN1C(=O)Nc1ccc(Cl)c(Cl)c1. The molecule has 1 unspecified atom stereocenters. The second-order valence-electron chi connectivity index (χ2n) is 5.17. The molecule has 0 bridgehead atoms. The Morgan fingerprint density at radius 3 is 2.63 bits per heavy atom. The van der Waals surface area contributed by atoms with Gasteiger partial charge in [0.15, 0.2) is 0 Å². The number of halogens is 2. The fourth-order valence-electron chi connectivity index (χ4n) is 2.20. The number of nitrogens with zero attached hydrogens (tertiary/aromatic N) is 1. The van der Waals surface area contributed by atoms with Crippen molar-refractivity contribution in [2.45, 2.75) is 31.9 Å². The first kappa shape index (κ1) is 14.4. The van der Waals surface area contributed by atoms with E-state index in [9.17, 15) is 9.90 Å². The van der Waals surface area contributed by atoms with Crippen LogP contribution < -0.4 is 5.32 Å². The standard InChI is InChI=1S/C13H16Cl2N2O2/c1-13(2)11(18)5-6-17(13)12(19)16-8-3-4-9(14)10(15)7-8/h3-4,7,11,18H,5-6H2,1-2H3,(H,16,19). The number of aliphatic hydroxyl groups excluding tert-OH is 1. The second kappa shape index (κ2) is 5.19. The van der Waals surface area contributed by atoms with Crippen LogP contribution in [0.25, 0.3) is 0 Å². The maximum atomic E-state index is 12.2. The van der Waals surface area contributed by atoms with Crippen LogP contribution in [0.3, 0.4) is 0 Å². The Kier molecular flexibility index (Phi) is 3.95. The number of carbonyl (C=O) groups excluding carboxylic acids is 1. The summed E-state index contributed by atoms with van der Waals surface area (Å²) in [5.74, 6) is 0. The molecule has 0 spiro atoms. The number of rotatable bonds is 1. The van der Waals surface area contributed by atoms with Gasteiger partial charge in [0.25, 0.3) is 0 Å². The third kappa shape index (κ3) is 2.81. The summed E-state index contributed by atoms with van der Waals surface area (Å²) in [6, 6.07) is 4.66. The number of benzene rings is 1. The highest BCUT2D eigenvalue weighted by Gasteiger charge is 2.42. The minimum absolute atomic E-state index is 0.250. The fraction of sp³-hybridized carbons (Fsp3) is 0.462. The summed E-state index contributed by atoms with van der Waals surface area (Å²) in [4.78, 5) is 13.8. The molecule has 0 aliphatic carbocycles. The number of nitrogens with one attached hydrogen (secondary N) is 1. The molecule has 1 saturated heterocycles. The van der Waals surface area contributed by atoms with Gasteiger partial charge in [-0.3, -0.25) is 0 Å². The zero-order chi connectivity index (χ0) is 14.2. The molecule has 2 amide bonds. The molecule has 1 aromatic rings. The van der Waals surface area contributed by atoms with Gasteiger partial charge in [-0.2, -0.15) is 0 Å². The molecule has 4 nitrogen and oxygen atoms in total.